The summed E-state index contributed by atoms with van der Waals surface area (Å²) in [6, 6.07) is 4.89. The molecule has 0 radical (unpaired) electrons. The van der Waals surface area contributed by atoms with Crippen LogP contribution in [0, 0.1) is 0 Å². The van der Waals surface area contributed by atoms with Crippen molar-refractivity contribution in [1.29, 1.82) is 0 Å². The average Bonchev–Trinajstić information content (AvgIpc) is 2.44. The van der Waals surface area contributed by atoms with Crippen molar-refractivity contribution < 1.29 is 24.3 Å². The minimum absolute atomic E-state index is 0.169. The number of hydrogen-bond donors (Lipinski definition) is 4. The summed E-state index contributed by atoms with van der Waals surface area (Å²) in [6.07, 6.45) is -0.484. The summed E-state index contributed by atoms with van der Waals surface area (Å²) in [6.45, 7) is 1.73. The molecule has 3 amide bonds. The van der Waals surface area contributed by atoms with Crippen LogP contribution < -0.4 is 16.4 Å². The number of benzene rings is 1. The highest BCUT2D eigenvalue weighted by Gasteiger charge is 2.22. The van der Waals surface area contributed by atoms with Gasteiger partial charge in [0.1, 0.15) is 6.04 Å². The van der Waals surface area contributed by atoms with E-state index >= 15 is 0 Å². The topological polar surface area (TPSA) is 139 Å². The lowest BCUT2D eigenvalue weighted by atomic mass is 10.1. The molecule has 8 nitrogen and oxygen atoms in total. The molecular formula is C14H17N3O5. The Kier molecular flexibility index (Phi) is 6.06. The predicted molar refractivity (Wildman–Crippen MR) is 76.7 cm³/mol. The molecule has 0 aromatic heterocycles. The Balaban J connectivity index is 2.70. The largest absolute Gasteiger partial charge is 0.480 e. The van der Waals surface area contributed by atoms with Crippen molar-refractivity contribution in [2.45, 2.75) is 25.9 Å². The first kappa shape index (κ1) is 17.2. The Morgan fingerprint density at radius 1 is 1.18 bits per heavy atom. The number of amides is 3. The van der Waals surface area contributed by atoms with Crippen LogP contribution in [-0.4, -0.2) is 34.8 Å². The van der Waals surface area contributed by atoms with Gasteiger partial charge in [0, 0.05) is 19.0 Å². The normalized spacial score (nSPS) is 11.3. The van der Waals surface area contributed by atoms with Gasteiger partial charge in [-0.2, -0.15) is 0 Å². The monoisotopic (exact) mass is 307 g/mol. The molecule has 1 aromatic rings. The van der Waals surface area contributed by atoms with E-state index in [1.165, 1.54) is 19.1 Å². The third kappa shape index (κ3) is 5.61. The molecule has 0 heterocycles. The predicted octanol–water partition coefficient (Wildman–Crippen LogP) is -0.619. The SMILES string of the molecule is CC(=O)NCc1ccc(C(=O)NC(CC(N)=O)C(=O)O)cc1. The second-order valence-electron chi connectivity index (χ2n) is 4.64. The number of rotatable bonds is 7. The zero-order chi connectivity index (χ0) is 16.7. The standard InChI is InChI=1S/C14H17N3O5/c1-8(18)16-7-9-2-4-10(5-3-9)13(20)17-11(14(21)22)6-12(15)19/h2-5,11H,6-7H2,1H3,(H2,15,19)(H,16,18)(H,17,20)(H,21,22). The van der Waals surface area contributed by atoms with E-state index in [1.807, 2.05) is 0 Å². The van der Waals surface area contributed by atoms with E-state index in [2.05, 4.69) is 10.6 Å². The molecule has 8 heteroatoms. The van der Waals surface area contributed by atoms with Crippen LogP contribution in [0.2, 0.25) is 0 Å². The molecule has 0 bridgehead atoms. The lowest BCUT2D eigenvalue weighted by Crippen LogP contribution is -2.43. The van der Waals surface area contributed by atoms with E-state index in [4.69, 9.17) is 10.8 Å². The number of nitrogens with one attached hydrogen (secondary N) is 2. The molecule has 1 unspecified atom stereocenters. The van der Waals surface area contributed by atoms with Crippen molar-refractivity contribution in [2.24, 2.45) is 5.73 Å². The van der Waals surface area contributed by atoms with Gasteiger partial charge in [-0.15, -0.1) is 0 Å². The van der Waals surface area contributed by atoms with E-state index < -0.39 is 30.2 Å². The summed E-state index contributed by atoms with van der Waals surface area (Å²) in [5.41, 5.74) is 5.96. The molecule has 22 heavy (non-hydrogen) atoms. The second-order valence-corrected chi connectivity index (χ2v) is 4.64. The fourth-order valence-corrected chi connectivity index (χ4v) is 1.64. The first-order valence-electron chi connectivity index (χ1n) is 6.45. The molecule has 1 rings (SSSR count). The molecule has 0 spiro atoms. The maximum Gasteiger partial charge on any atom is 0.326 e. The van der Waals surface area contributed by atoms with Gasteiger partial charge in [-0.25, -0.2) is 4.79 Å². The Morgan fingerprint density at radius 3 is 2.23 bits per heavy atom. The summed E-state index contributed by atoms with van der Waals surface area (Å²) in [5.74, 6) is -2.95. The second kappa shape index (κ2) is 7.77. The molecule has 0 aliphatic rings. The van der Waals surface area contributed by atoms with Gasteiger partial charge < -0.3 is 21.5 Å². The van der Waals surface area contributed by atoms with Gasteiger partial charge in [0.05, 0.1) is 6.42 Å². The van der Waals surface area contributed by atoms with Crippen molar-refractivity contribution in [3.05, 3.63) is 35.4 Å². The Labute approximate surface area is 126 Å². The number of nitrogens with two attached hydrogens (primary N) is 1. The van der Waals surface area contributed by atoms with E-state index in [0.717, 1.165) is 5.56 Å². The van der Waals surface area contributed by atoms with Crippen molar-refractivity contribution in [3.8, 4) is 0 Å². The Morgan fingerprint density at radius 2 is 1.77 bits per heavy atom. The fourth-order valence-electron chi connectivity index (χ4n) is 1.64. The number of carboxylic acids is 1. The quantitative estimate of drug-likeness (QED) is 0.532. The summed E-state index contributed by atoms with van der Waals surface area (Å²) in [4.78, 5) is 44.4. The van der Waals surface area contributed by atoms with E-state index in [-0.39, 0.29) is 11.5 Å². The molecule has 1 aromatic carbocycles. The van der Waals surface area contributed by atoms with Crippen molar-refractivity contribution in [2.75, 3.05) is 0 Å². The molecule has 0 fully saturated rings. The maximum absolute atomic E-state index is 11.9. The van der Waals surface area contributed by atoms with Gasteiger partial charge in [-0.3, -0.25) is 14.4 Å². The maximum atomic E-state index is 11.9. The summed E-state index contributed by atoms with van der Waals surface area (Å²) in [5, 5.41) is 13.8. The molecule has 0 aliphatic heterocycles. The summed E-state index contributed by atoms with van der Waals surface area (Å²) < 4.78 is 0. The molecule has 0 saturated carbocycles. The van der Waals surface area contributed by atoms with Crippen LogP contribution in [0.25, 0.3) is 0 Å². The van der Waals surface area contributed by atoms with E-state index in [0.29, 0.717) is 6.54 Å². The highest BCUT2D eigenvalue weighted by molar-refractivity contribution is 5.97. The minimum atomic E-state index is -1.37. The van der Waals surface area contributed by atoms with Crippen molar-refractivity contribution in [1.82, 2.24) is 10.6 Å². The van der Waals surface area contributed by atoms with Gasteiger partial charge in [0.15, 0.2) is 0 Å². The smallest absolute Gasteiger partial charge is 0.326 e. The van der Waals surface area contributed by atoms with Gasteiger partial charge >= 0.3 is 5.97 Å². The number of carbonyl (C=O) groups is 4. The van der Waals surface area contributed by atoms with Crippen LogP contribution in [-0.2, 0) is 20.9 Å². The van der Waals surface area contributed by atoms with Crippen molar-refractivity contribution >= 4 is 23.7 Å². The number of hydrogen-bond acceptors (Lipinski definition) is 4. The molecule has 118 valence electrons. The van der Waals surface area contributed by atoms with Gasteiger partial charge in [-0.05, 0) is 17.7 Å². The highest BCUT2D eigenvalue weighted by atomic mass is 16.4. The number of carbonyl (C=O) groups excluding carboxylic acids is 3. The first-order valence-corrected chi connectivity index (χ1v) is 6.45. The lowest BCUT2D eigenvalue weighted by Gasteiger charge is -2.13. The van der Waals surface area contributed by atoms with Crippen LogP contribution in [0.1, 0.15) is 29.3 Å². The third-order valence-corrected chi connectivity index (χ3v) is 2.77. The fraction of sp³-hybridized carbons (Fsp3) is 0.286. The van der Waals surface area contributed by atoms with Crippen LogP contribution in [0.15, 0.2) is 24.3 Å². The first-order chi connectivity index (χ1) is 10.3. The van der Waals surface area contributed by atoms with Crippen LogP contribution in [0.4, 0.5) is 0 Å². The molecular weight excluding hydrogens is 290 g/mol. The number of primary amides is 1. The Bertz CT molecular complexity index is 583. The molecule has 0 aliphatic carbocycles. The number of carboxylic acid groups (broad SMARTS) is 1. The highest BCUT2D eigenvalue weighted by Crippen LogP contribution is 2.05. The third-order valence-electron chi connectivity index (χ3n) is 2.77. The lowest BCUT2D eigenvalue weighted by molar-refractivity contribution is -0.140. The van der Waals surface area contributed by atoms with Crippen LogP contribution in [0.5, 0.6) is 0 Å². The zero-order valence-electron chi connectivity index (χ0n) is 12.0. The van der Waals surface area contributed by atoms with Gasteiger partial charge in [-0.1, -0.05) is 12.1 Å². The number of aliphatic carboxylic acids is 1. The Hall–Kier alpha value is -2.90. The minimum Gasteiger partial charge on any atom is -0.480 e. The summed E-state index contributed by atoms with van der Waals surface area (Å²) in [7, 11) is 0. The average molecular weight is 307 g/mol. The zero-order valence-corrected chi connectivity index (χ0v) is 12.0. The van der Waals surface area contributed by atoms with Gasteiger partial charge in [0.25, 0.3) is 5.91 Å². The van der Waals surface area contributed by atoms with Crippen LogP contribution >= 0.6 is 0 Å². The van der Waals surface area contributed by atoms with E-state index in [1.54, 1.807) is 12.1 Å². The summed E-state index contributed by atoms with van der Waals surface area (Å²) >= 11 is 0. The van der Waals surface area contributed by atoms with Crippen LogP contribution in [0.3, 0.4) is 0 Å². The molecule has 5 N–H and O–H groups in total. The van der Waals surface area contributed by atoms with Gasteiger partial charge in [0.2, 0.25) is 11.8 Å². The van der Waals surface area contributed by atoms with Crippen molar-refractivity contribution in [3.63, 3.8) is 0 Å². The van der Waals surface area contributed by atoms with E-state index in [9.17, 15) is 19.2 Å². The molecule has 1 atom stereocenters. The molecule has 0 saturated heterocycles.